The maximum absolute atomic E-state index is 12.3. The lowest BCUT2D eigenvalue weighted by atomic mass is 10.1. The second kappa shape index (κ2) is 6.72. The minimum atomic E-state index is -4.08. The molecule has 2 aromatic rings. The molecule has 0 unspecified atom stereocenters. The van der Waals surface area contributed by atoms with E-state index in [1.54, 1.807) is 42.5 Å². The van der Waals surface area contributed by atoms with Gasteiger partial charge in [0.15, 0.2) is 6.10 Å². The van der Waals surface area contributed by atoms with E-state index in [1.165, 1.54) is 19.2 Å². The Labute approximate surface area is 129 Å². The summed E-state index contributed by atoms with van der Waals surface area (Å²) in [5, 5.41) is 0. The van der Waals surface area contributed by atoms with Crippen LogP contribution in [0.1, 0.15) is 17.2 Å². The molecule has 2 aromatic carbocycles. The van der Waals surface area contributed by atoms with Crippen molar-refractivity contribution in [1.82, 2.24) is 0 Å². The van der Waals surface area contributed by atoms with Gasteiger partial charge in [-0.2, -0.15) is 8.42 Å². The minimum Gasteiger partial charge on any atom is -0.467 e. The maximum atomic E-state index is 12.3. The van der Waals surface area contributed by atoms with Crippen LogP contribution in [0, 0.1) is 6.92 Å². The van der Waals surface area contributed by atoms with Crippen molar-refractivity contribution in [1.29, 1.82) is 0 Å². The minimum absolute atomic E-state index is 0.0112. The molecule has 0 fully saturated rings. The van der Waals surface area contributed by atoms with Crippen LogP contribution in [0.3, 0.4) is 0 Å². The number of methoxy groups -OCH3 is 1. The van der Waals surface area contributed by atoms with Crippen molar-refractivity contribution in [2.45, 2.75) is 17.9 Å². The maximum Gasteiger partial charge on any atom is 0.341 e. The summed E-state index contributed by atoms with van der Waals surface area (Å²) < 4.78 is 34.4. The number of carbonyl (C=O) groups excluding carboxylic acids is 1. The highest BCUT2D eigenvalue weighted by molar-refractivity contribution is 7.86. The van der Waals surface area contributed by atoms with Gasteiger partial charge in [-0.15, -0.1) is 0 Å². The lowest BCUT2D eigenvalue weighted by molar-refractivity contribution is -0.149. The molecule has 2 rings (SSSR count). The molecule has 0 aliphatic rings. The predicted octanol–water partition coefficient (Wildman–Crippen LogP) is 2.61. The number of hydrogen-bond acceptors (Lipinski definition) is 5. The summed E-state index contributed by atoms with van der Waals surface area (Å²) in [6, 6.07) is 14.5. The Bertz CT molecular complexity index is 736. The molecule has 6 heteroatoms. The van der Waals surface area contributed by atoms with Gasteiger partial charge in [0.25, 0.3) is 10.1 Å². The lowest BCUT2D eigenvalue weighted by Gasteiger charge is -2.15. The Balaban J connectivity index is 2.34. The summed E-state index contributed by atoms with van der Waals surface area (Å²) in [7, 11) is -2.90. The fourth-order valence-electron chi connectivity index (χ4n) is 1.85. The predicted molar refractivity (Wildman–Crippen MR) is 80.6 cm³/mol. The van der Waals surface area contributed by atoms with Gasteiger partial charge in [-0.3, -0.25) is 0 Å². The summed E-state index contributed by atoms with van der Waals surface area (Å²) in [6.45, 7) is 1.85. The zero-order valence-corrected chi connectivity index (χ0v) is 13.0. The van der Waals surface area contributed by atoms with Crippen molar-refractivity contribution in [2.24, 2.45) is 0 Å². The van der Waals surface area contributed by atoms with Crippen molar-refractivity contribution >= 4 is 16.1 Å². The summed E-state index contributed by atoms with van der Waals surface area (Å²) in [6.07, 6.45) is -1.34. The van der Waals surface area contributed by atoms with Gasteiger partial charge in [0, 0.05) is 0 Å². The van der Waals surface area contributed by atoms with Crippen molar-refractivity contribution < 1.29 is 22.1 Å². The standard InChI is InChI=1S/C16H16O5S/c1-12-8-10-14(11-9-12)22(18,19)21-15(16(17)20-2)13-6-4-3-5-7-13/h3-11,15H,1-2H3/t15-/m0/s1. The summed E-state index contributed by atoms with van der Waals surface area (Å²) >= 11 is 0. The van der Waals surface area contributed by atoms with Crippen molar-refractivity contribution in [2.75, 3.05) is 7.11 Å². The second-order valence-corrected chi connectivity index (χ2v) is 6.25. The van der Waals surface area contributed by atoms with Crippen LogP contribution >= 0.6 is 0 Å². The fraction of sp³-hybridized carbons (Fsp3) is 0.188. The number of ether oxygens (including phenoxy) is 1. The molecule has 0 aliphatic heterocycles. The smallest absolute Gasteiger partial charge is 0.341 e. The molecule has 0 spiro atoms. The van der Waals surface area contributed by atoms with Crippen LogP contribution in [0.15, 0.2) is 59.5 Å². The molecule has 0 radical (unpaired) electrons. The highest BCUT2D eigenvalue weighted by atomic mass is 32.2. The number of aryl methyl sites for hydroxylation is 1. The Hall–Kier alpha value is -2.18. The van der Waals surface area contributed by atoms with E-state index in [1.807, 2.05) is 6.92 Å². The third-order valence-corrected chi connectivity index (χ3v) is 4.35. The van der Waals surface area contributed by atoms with Crippen LogP contribution < -0.4 is 0 Å². The Kier molecular flexibility index (Phi) is 4.95. The zero-order valence-electron chi connectivity index (χ0n) is 12.2. The van der Waals surface area contributed by atoms with Gasteiger partial charge < -0.3 is 4.74 Å². The lowest BCUT2D eigenvalue weighted by Crippen LogP contribution is -2.21. The average Bonchev–Trinajstić information content (AvgIpc) is 2.53. The van der Waals surface area contributed by atoms with Gasteiger partial charge in [-0.1, -0.05) is 48.0 Å². The highest BCUT2D eigenvalue weighted by Gasteiger charge is 2.29. The molecule has 0 aliphatic carbocycles. The Morgan fingerprint density at radius 3 is 2.14 bits per heavy atom. The van der Waals surface area contributed by atoms with Crippen LogP contribution in [-0.4, -0.2) is 21.5 Å². The van der Waals surface area contributed by atoms with E-state index >= 15 is 0 Å². The molecule has 0 amide bonds. The van der Waals surface area contributed by atoms with Gasteiger partial charge in [-0.25, -0.2) is 8.98 Å². The van der Waals surface area contributed by atoms with E-state index < -0.39 is 22.2 Å². The second-order valence-electron chi connectivity index (χ2n) is 4.68. The molecule has 5 nitrogen and oxygen atoms in total. The largest absolute Gasteiger partial charge is 0.467 e. The molecular formula is C16H16O5S. The van der Waals surface area contributed by atoms with Gasteiger partial charge in [0.1, 0.15) is 0 Å². The van der Waals surface area contributed by atoms with E-state index in [-0.39, 0.29) is 4.90 Å². The molecule has 0 saturated carbocycles. The van der Waals surface area contributed by atoms with E-state index in [2.05, 4.69) is 4.74 Å². The van der Waals surface area contributed by atoms with Gasteiger partial charge in [-0.05, 0) is 24.6 Å². The monoisotopic (exact) mass is 320 g/mol. The third-order valence-electron chi connectivity index (χ3n) is 3.05. The molecule has 22 heavy (non-hydrogen) atoms. The molecule has 0 aromatic heterocycles. The first-order valence-corrected chi connectivity index (χ1v) is 7.97. The number of carbonyl (C=O) groups is 1. The quantitative estimate of drug-likeness (QED) is 0.625. The Morgan fingerprint density at radius 2 is 1.59 bits per heavy atom. The highest BCUT2D eigenvalue weighted by Crippen LogP contribution is 2.25. The molecule has 0 heterocycles. The molecular weight excluding hydrogens is 304 g/mol. The fourth-order valence-corrected chi connectivity index (χ4v) is 2.88. The van der Waals surface area contributed by atoms with E-state index in [9.17, 15) is 13.2 Å². The van der Waals surface area contributed by atoms with Gasteiger partial charge in [0.2, 0.25) is 0 Å². The van der Waals surface area contributed by atoms with Crippen molar-refractivity contribution in [3.63, 3.8) is 0 Å². The molecule has 0 bridgehead atoms. The van der Waals surface area contributed by atoms with E-state index in [4.69, 9.17) is 4.18 Å². The zero-order chi connectivity index (χ0) is 16.2. The molecule has 116 valence electrons. The number of hydrogen-bond donors (Lipinski definition) is 0. The van der Waals surface area contributed by atoms with Gasteiger partial charge >= 0.3 is 5.97 Å². The van der Waals surface area contributed by atoms with Crippen LogP contribution in [-0.2, 0) is 23.8 Å². The van der Waals surface area contributed by atoms with E-state index in [0.717, 1.165) is 5.56 Å². The molecule has 1 atom stereocenters. The number of rotatable bonds is 5. The van der Waals surface area contributed by atoms with Crippen molar-refractivity contribution in [3.05, 3.63) is 65.7 Å². The van der Waals surface area contributed by atoms with Crippen LogP contribution in [0.2, 0.25) is 0 Å². The van der Waals surface area contributed by atoms with E-state index in [0.29, 0.717) is 5.56 Å². The normalized spacial score (nSPS) is 12.6. The number of benzene rings is 2. The molecule has 0 N–H and O–H groups in total. The van der Waals surface area contributed by atoms with Crippen LogP contribution in [0.25, 0.3) is 0 Å². The van der Waals surface area contributed by atoms with Crippen LogP contribution in [0.5, 0.6) is 0 Å². The van der Waals surface area contributed by atoms with Crippen LogP contribution in [0.4, 0.5) is 0 Å². The SMILES string of the molecule is COC(=O)[C@@H](OS(=O)(=O)c1ccc(C)cc1)c1ccccc1. The topological polar surface area (TPSA) is 69.7 Å². The van der Waals surface area contributed by atoms with Crippen molar-refractivity contribution in [3.8, 4) is 0 Å². The average molecular weight is 320 g/mol. The summed E-state index contributed by atoms with van der Waals surface area (Å²) in [5.74, 6) is -0.776. The third kappa shape index (κ3) is 3.72. The Morgan fingerprint density at radius 1 is 1.00 bits per heavy atom. The van der Waals surface area contributed by atoms with Gasteiger partial charge in [0.05, 0.1) is 12.0 Å². The summed E-state index contributed by atoms with van der Waals surface area (Å²) in [5.41, 5.74) is 1.33. The first-order chi connectivity index (χ1) is 10.4. The first-order valence-electron chi connectivity index (χ1n) is 6.57. The molecule has 0 saturated heterocycles. The number of esters is 1. The summed E-state index contributed by atoms with van der Waals surface area (Å²) in [4.78, 5) is 11.9. The first kappa shape index (κ1) is 16.2.